The minimum atomic E-state index is 0.0676. The van der Waals surface area contributed by atoms with Crippen molar-refractivity contribution in [2.24, 2.45) is 5.92 Å². The van der Waals surface area contributed by atoms with Crippen LogP contribution < -0.4 is 5.32 Å². The molecule has 6 nitrogen and oxygen atoms in total. The quantitative estimate of drug-likeness (QED) is 0.567. The monoisotopic (exact) mass is 375 g/mol. The Morgan fingerprint density at radius 3 is 2.42 bits per heavy atom. The van der Waals surface area contributed by atoms with E-state index in [4.69, 9.17) is 0 Å². The highest BCUT2D eigenvalue weighted by Crippen LogP contribution is 2.17. The molecule has 1 N–H and O–H groups in total. The standard InChI is InChI=1S/C19H29N5OS/c1-12(11-24-14(3)9-13(2)23-24)10-20-18(25)8-7-17-15(4)21-19(26-6)22-16(17)5/h9,12H,7-8,10-11H2,1-6H3,(H,20,25)/t12-/m0/s1. The molecule has 0 radical (unpaired) electrons. The van der Waals surface area contributed by atoms with Crippen LogP contribution in [-0.4, -0.2) is 38.5 Å². The SMILES string of the molecule is CSc1nc(C)c(CCC(=O)NC[C@H](C)Cn2nc(C)cc2C)c(C)n1. The lowest BCUT2D eigenvalue weighted by Gasteiger charge is -2.14. The number of nitrogens with zero attached hydrogens (tertiary/aromatic N) is 4. The number of thioether (sulfide) groups is 1. The maximum atomic E-state index is 12.2. The lowest BCUT2D eigenvalue weighted by Crippen LogP contribution is -2.30. The first-order valence-electron chi connectivity index (χ1n) is 8.96. The molecule has 26 heavy (non-hydrogen) atoms. The fourth-order valence-corrected chi connectivity index (χ4v) is 3.45. The first-order valence-corrected chi connectivity index (χ1v) is 10.2. The minimum Gasteiger partial charge on any atom is -0.356 e. The third-order valence-electron chi connectivity index (χ3n) is 4.42. The first-order chi connectivity index (χ1) is 12.3. The van der Waals surface area contributed by atoms with Gasteiger partial charge in [-0.05, 0) is 57.9 Å². The zero-order valence-corrected chi connectivity index (χ0v) is 17.4. The highest BCUT2D eigenvalue weighted by Gasteiger charge is 2.12. The summed E-state index contributed by atoms with van der Waals surface area (Å²) in [5, 5.41) is 8.29. The average Bonchev–Trinajstić information content (AvgIpc) is 2.89. The Kier molecular flexibility index (Phi) is 7.20. The number of rotatable bonds is 8. The largest absolute Gasteiger partial charge is 0.356 e. The van der Waals surface area contributed by atoms with Gasteiger partial charge in [-0.3, -0.25) is 9.48 Å². The highest BCUT2D eigenvalue weighted by molar-refractivity contribution is 7.98. The number of amides is 1. The molecule has 1 atom stereocenters. The molecule has 0 fully saturated rings. The van der Waals surface area contributed by atoms with E-state index < -0.39 is 0 Å². The van der Waals surface area contributed by atoms with Crippen molar-refractivity contribution >= 4 is 17.7 Å². The second kappa shape index (κ2) is 9.16. The molecule has 7 heteroatoms. The van der Waals surface area contributed by atoms with Gasteiger partial charge in [-0.15, -0.1) is 0 Å². The van der Waals surface area contributed by atoms with E-state index in [1.165, 1.54) is 11.8 Å². The summed E-state index contributed by atoms with van der Waals surface area (Å²) in [4.78, 5) is 21.2. The number of aromatic nitrogens is 4. The van der Waals surface area contributed by atoms with Gasteiger partial charge >= 0.3 is 0 Å². The van der Waals surface area contributed by atoms with E-state index in [1.54, 1.807) is 0 Å². The first kappa shape index (κ1) is 20.4. The van der Waals surface area contributed by atoms with E-state index in [1.807, 2.05) is 31.7 Å². The topological polar surface area (TPSA) is 72.7 Å². The number of hydrogen-bond acceptors (Lipinski definition) is 5. The Hall–Kier alpha value is -1.89. The lowest BCUT2D eigenvalue weighted by molar-refractivity contribution is -0.121. The molecule has 0 unspecified atom stereocenters. The molecule has 2 rings (SSSR count). The Bertz CT molecular complexity index is 748. The molecule has 0 aromatic carbocycles. The van der Waals surface area contributed by atoms with Crippen LogP contribution in [0.3, 0.4) is 0 Å². The van der Waals surface area contributed by atoms with E-state index in [0.717, 1.165) is 40.0 Å². The van der Waals surface area contributed by atoms with Crippen LogP contribution in [-0.2, 0) is 17.8 Å². The molecule has 0 aliphatic heterocycles. The average molecular weight is 376 g/mol. The van der Waals surface area contributed by atoms with Crippen molar-refractivity contribution in [3.05, 3.63) is 34.4 Å². The van der Waals surface area contributed by atoms with E-state index in [-0.39, 0.29) is 5.91 Å². The van der Waals surface area contributed by atoms with Crippen molar-refractivity contribution in [3.8, 4) is 0 Å². The van der Waals surface area contributed by atoms with Crippen LogP contribution in [0.5, 0.6) is 0 Å². The maximum absolute atomic E-state index is 12.2. The van der Waals surface area contributed by atoms with Gasteiger partial charge in [-0.25, -0.2) is 9.97 Å². The van der Waals surface area contributed by atoms with Gasteiger partial charge in [0.1, 0.15) is 0 Å². The zero-order valence-electron chi connectivity index (χ0n) is 16.6. The molecule has 0 spiro atoms. The summed E-state index contributed by atoms with van der Waals surface area (Å²) < 4.78 is 2.00. The Morgan fingerprint density at radius 1 is 1.23 bits per heavy atom. The van der Waals surface area contributed by atoms with Gasteiger partial charge in [0.05, 0.1) is 5.69 Å². The van der Waals surface area contributed by atoms with Gasteiger partial charge in [-0.2, -0.15) is 5.10 Å². The molecule has 0 saturated carbocycles. The highest BCUT2D eigenvalue weighted by atomic mass is 32.2. The zero-order chi connectivity index (χ0) is 19.3. The predicted molar refractivity (Wildman–Crippen MR) is 105 cm³/mol. The number of nitrogens with one attached hydrogen (secondary N) is 1. The number of carbonyl (C=O) groups excluding carboxylic acids is 1. The predicted octanol–water partition coefficient (Wildman–Crippen LogP) is 3.01. The van der Waals surface area contributed by atoms with Crippen LogP contribution in [0, 0.1) is 33.6 Å². The molecule has 2 aromatic heterocycles. The summed E-state index contributed by atoms with van der Waals surface area (Å²) in [5.41, 5.74) is 5.19. The minimum absolute atomic E-state index is 0.0676. The van der Waals surface area contributed by atoms with Gasteiger partial charge in [-0.1, -0.05) is 18.7 Å². The van der Waals surface area contributed by atoms with Crippen LogP contribution in [0.4, 0.5) is 0 Å². The number of hydrogen-bond donors (Lipinski definition) is 1. The van der Waals surface area contributed by atoms with Gasteiger partial charge in [0.15, 0.2) is 5.16 Å². The van der Waals surface area contributed by atoms with Crippen LogP contribution >= 0.6 is 11.8 Å². The van der Waals surface area contributed by atoms with Gasteiger partial charge in [0, 0.05) is 36.6 Å². The van der Waals surface area contributed by atoms with E-state index in [2.05, 4.69) is 40.3 Å². The number of aryl methyl sites for hydroxylation is 4. The summed E-state index contributed by atoms with van der Waals surface area (Å²) in [7, 11) is 0. The Labute approximate surface area is 160 Å². The molecule has 0 saturated heterocycles. The summed E-state index contributed by atoms with van der Waals surface area (Å²) in [6.07, 6.45) is 3.09. The second-order valence-corrected chi connectivity index (χ2v) is 7.65. The van der Waals surface area contributed by atoms with E-state index in [9.17, 15) is 4.79 Å². The summed E-state index contributed by atoms with van der Waals surface area (Å²) >= 11 is 1.54. The Morgan fingerprint density at radius 2 is 1.88 bits per heavy atom. The molecule has 0 aliphatic rings. The van der Waals surface area contributed by atoms with Crippen LogP contribution in [0.25, 0.3) is 0 Å². The molecular formula is C19H29N5OS. The molecule has 0 aliphatic carbocycles. The van der Waals surface area contributed by atoms with Gasteiger partial charge < -0.3 is 5.32 Å². The van der Waals surface area contributed by atoms with Crippen LogP contribution in [0.2, 0.25) is 0 Å². The molecular weight excluding hydrogens is 346 g/mol. The van der Waals surface area contributed by atoms with Crippen molar-refractivity contribution in [3.63, 3.8) is 0 Å². The fourth-order valence-electron chi connectivity index (χ4n) is 3.00. The van der Waals surface area contributed by atoms with E-state index >= 15 is 0 Å². The molecule has 142 valence electrons. The van der Waals surface area contributed by atoms with E-state index in [0.29, 0.717) is 25.3 Å². The number of carbonyl (C=O) groups is 1. The Balaban J connectivity index is 1.81. The van der Waals surface area contributed by atoms with Crippen molar-refractivity contribution in [2.75, 3.05) is 12.8 Å². The van der Waals surface area contributed by atoms with Gasteiger partial charge in [0.2, 0.25) is 5.91 Å². The third kappa shape index (κ3) is 5.56. The normalized spacial score (nSPS) is 12.2. The van der Waals surface area contributed by atoms with Crippen LogP contribution in [0.15, 0.2) is 11.2 Å². The molecule has 1 amide bonds. The molecule has 2 aromatic rings. The summed E-state index contributed by atoms with van der Waals surface area (Å²) in [6.45, 7) is 11.6. The maximum Gasteiger partial charge on any atom is 0.220 e. The van der Waals surface area contributed by atoms with Crippen molar-refractivity contribution in [1.82, 2.24) is 25.1 Å². The summed E-state index contributed by atoms with van der Waals surface area (Å²) in [6, 6.07) is 2.07. The van der Waals surface area contributed by atoms with Gasteiger partial charge in [0.25, 0.3) is 0 Å². The van der Waals surface area contributed by atoms with Crippen molar-refractivity contribution in [2.45, 2.75) is 59.2 Å². The second-order valence-electron chi connectivity index (χ2n) is 6.88. The fraction of sp³-hybridized carbons (Fsp3) is 0.579. The third-order valence-corrected chi connectivity index (χ3v) is 4.97. The summed E-state index contributed by atoms with van der Waals surface area (Å²) in [5.74, 6) is 0.391. The van der Waals surface area contributed by atoms with Crippen molar-refractivity contribution < 1.29 is 4.79 Å². The smallest absolute Gasteiger partial charge is 0.220 e. The van der Waals surface area contributed by atoms with Crippen LogP contribution in [0.1, 0.15) is 41.7 Å². The lowest BCUT2D eigenvalue weighted by atomic mass is 10.1. The van der Waals surface area contributed by atoms with Crippen molar-refractivity contribution in [1.29, 1.82) is 0 Å². The molecule has 2 heterocycles. The molecule has 0 bridgehead atoms.